The van der Waals surface area contributed by atoms with Crippen LogP contribution in [-0.2, 0) is 0 Å². The zero-order valence-electron chi connectivity index (χ0n) is 9.13. The van der Waals surface area contributed by atoms with E-state index in [0.717, 1.165) is 12.8 Å². The Morgan fingerprint density at radius 1 is 1.38 bits per heavy atom. The molecule has 3 heteroatoms. The third-order valence-electron chi connectivity index (χ3n) is 2.61. The molecule has 0 spiro atoms. The third kappa shape index (κ3) is 4.76. The maximum atomic E-state index is 10.7. The number of nitrogens with one attached hydrogen (secondary N) is 1. The van der Waals surface area contributed by atoms with Crippen molar-refractivity contribution in [3.63, 3.8) is 0 Å². The Kier molecular flexibility index (Phi) is 5.51. The van der Waals surface area contributed by atoms with Crippen molar-refractivity contribution in [2.75, 3.05) is 0 Å². The van der Waals surface area contributed by atoms with Gasteiger partial charge in [-0.05, 0) is 18.3 Å². The zero-order chi connectivity index (χ0) is 10.4. The number of amides is 2. The molecule has 0 aliphatic rings. The quantitative estimate of drug-likeness (QED) is 0.679. The second kappa shape index (κ2) is 5.84. The molecule has 0 saturated carbocycles. The Hall–Kier alpha value is -0.730. The summed E-state index contributed by atoms with van der Waals surface area (Å²) >= 11 is 0. The summed E-state index contributed by atoms with van der Waals surface area (Å²) in [5.74, 6) is 1.05. The SMILES string of the molecule is CCCC(NC(N)=O)C(C)C(C)C. The molecule has 3 nitrogen and oxygen atoms in total. The van der Waals surface area contributed by atoms with Gasteiger partial charge < -0.3 is 11.1 Å². The molecule has 3 N–H and O–H groups in total. The molecule has 0 radical (unpaired) electrons. The average molecular weight is 186 g/mol. The second-order valence-corrected chi connectivity index (χ2v) is 4.01. The number of carbonyl (C=O) groups is 1. The van der Waals surface area contributed by atoms with Crippen molar-refractivity contribution in [1.82, 2.24) is 5.32 Å². The van der Waals surface area contributed by atoms with Crippen molar-refractivity contribution >= 4 is 6.03 Å². The third-order valence-corrected chi connectivity index (χ3v) is 2.61. The molecule has 0 aliphatic heterocycles. The molecule has 0 fully saturated rings. The molecule has 2 unspecified atom stereocenters. The summed E-state index contributed by atoms with van der Waals surface area (Å²) in [6.07, 6.45) is 2.07. The first kappa shape index (κ1) is 12.3. The molecule has 13 heavy (non-hydrogen) atoms. The molecular formula is C10H22N2O. The number of urea groups is 1. The number of primary amides is 1. The maximum absolute atomic E-state index is 10.7. The highest BCUT2D eigenvalue weighted by Gasteiger charge is 2.19. The van der Waals surface area contributed by atoms with Gasteiger partial charge in [-0.25, -0.2) is 4.79 Å². The van der Waals surface area contributed by atoms with Crippen molar-refractivity contribution < 1.29 is 4.79 Å². The summed E-state index contributed by atoms with van der Waals surface area (Å²) in [5, 5.41) is 2.80. The van der Waals surface area contributed by atoms with Gasteiger partial charge in [-0.1, -0.05) is 34.1 Å². The van der Waals surface area contributed by atoms with E-state index in [4.69, 9.17) is 5.73 Å². The average Bonchev–Trinajstić information content (AvgIpc) is 2.01. The highest BCUT2D eigenvalue weighted by atomic mass is 16.2. The van der Waals surface area contributed by atoms with Crippen LogP contribution in [0.1, 0.15) is 40.5 Å². The molecule has 2 amide bonds. The number of hydrogen-bond acceptors (Lipinski definition) is 1. The molecular weight excluding hydrogens is 164 g/mol. The fourth-order valence-corrected chi connectivity index (χ4v) is 1.42. The first-order chi connectivity index (χ1) is 5.99. The lowest BCUT2D eigenvalue weighted by Gasteiger charge is -2.26. The molecule has 0 rings (SSSR count). The summed E-state index contributed by atoms with van der Waals surface area (Å²) in [4.78, 5) is 10.7. The summed E-state index contributed by atoms with van der Waals surface area (Å²) in [7, 11) is 0. The number of hydrogen-bond donors (Lipinski definition) is 2. The minimum atomic E-state index is -0.411. The Morgan fingerprint density at radius 3 is 2.23 bits per heavy atom. The normalized spacial score (nSPS) is 15.5. The molecule has 78 valence electrons. The number of rotatable bonds is 5. The van der Waals surface area contributed by atoms with Crippen molar-refractivity contribution in [2.24, 2.45) is 17.6 Å². The summed E-state index contributed by atoms with van der Waals surface area (Å²) in [6, 6.07) is -0.187. The minimum absolute atomic E-state index is 0.225. The van der Waals surface area contributed by atoms with E-state index < -0.39 is 6.03 Å². The van der Waals surface area contributed by atoms with Gasteiger partial charge in [0.15, 0.2) is 0 Å². The van der Waals surface area contributed by atoms with Crippen LogP contribution in [0.5, 0.6) is 0 Å². The molecule has 0 bridgehead atoms. The van der Waals surface area contributed by atoms with E-state index in [9.17, 15) is 4.79 Å². The highest BCUT2D eigenvalue weighted by Crippen LogP contribution is 2.17. The first-order valence-corrected chi connectivity index (χ1v) is 5.05. The summed E-state index contributed by atoms with van der Waals surface area (Å²) in [5.41, 5.74) is 5.11. The molecule has 0 aromatic rings. The van der Waals surface area contributed by atoms with Crippen LogP contribution in [0.15, 0.2) is 0 Å². The lowest BCUT2D eigenvalue weighted by atomic mass is 9.88. The predicted octanol–water partition coefficient (Wildman–Crippen LogP) is 2.12. The van der Waals surface area contributed by atoms with E-state index in [0.29, 0.717) is 11.8 Å². The molecule has 0 aromatic carbocycles. The lowest BCUT2D eigenvalue weighted by molar-refractivity contribution is 0.230. The van der Waals surface area contributed by atoms with Gasteiger partial charge >= 0.3 is 6.03 Å². The van der Waals surface area contributed by atoms with E-state index in [2.05, 4.69) is 33.0 Å². The van der Waals surface area contributed by atoms with Crippen LogP contribution >= 0.6 is 0 Å². The maximum Gasteiger partial charge on any atom is 0.312 e. The van der Waals surface area contributed by atoms with Crippen LogP contribution in [0.3, 0.4) is 0 Å². The summed E-state index contributed by atoms with van der Waals surface area (Å²) in [6.45, 7) is 8.59. The van der Waals surface area contributed by atoms with Crippen molar-refractivity contribution in [2.45, 2.75) is 46.6 Å². The van der Waals surface area contributed by atoms with Gasteiger partial charge in [0.1, 0.15) is 0 Å². The van der Waals surface area contributed by atoms with E-state index in [1.54, 1.807) is 0 Å². The van der Waals surface area contributed by atoms with Crippen LogP contribution in [0.4, 0.5) is 4.79 Å². The lowest BCUT2D eigenvalue weighted by Crippen LogP contribution is -2.43. The fraction of sp³-hybridized carbons (Fsp3) is 0.900. The van der Waals surface area contributed by atoms with Gasteiger partial charge in [-0.15, -0.1) is 0 Å². The van der Waals surface area contributed by atoms with Crippen molar-refractivity contribution in [3.8, 4) is 0 Å². The smallest absolute Gasteiger partial charge is 0.312 e. The Labute approximate surface area is 81.1 Å². The molecule has 0 aromatic heterocycles. The van der Waals surface area contributed by atoms with Gasteiger partial charge in [-0.2, -0.15) is 0 Å². The van der Waals surface area contributed by atoms with Crippen molar-refractivity contribution in [1.29, 1.82) is 0 Å². The second-order valence-electron chi connectivity index (χ2n) is 4.01. The molecule has 0 saturated heterocycles. The van der Waals surface area contributed by atoms with Crippen LogP contribution in [0.2, 0.25) is 0 Å². The first-order valence-electron chi connectivity index (χ1n) is 5.05. The van der Waals surface area contributed by atoms with Gasteiger partial charge in [0.05, 0.1) is 0 Å². The molecule has 0 heterocycles. The highest BCUT2D eigenvalue weighted by molar-refractivity contribution is 5.71. The summed E-state index contributed by atoms with van der Waals surface area (Å²) < 4.78 is 0. The monoisotopic (exact) mass is 186 g/mol. The van der Waals surface area contributed by atoms with Crippen LogP contribution in [-0.4, -0.2) is 12.1 Å². The van der Waals surface area contributed by atoms with Crippen LogP contribution in [0, 0.1) is 11.8 Å². The zero-order valence-corrected chi connectivity index (χ0v) is 9.13. The van der Waals surface area contributed by atoms with E-state index >= 15 is 0 Å². The van der Waals surface area contributed by atoms with Crippen LogP contribution in [0.25, 0.3) is 0 Å². The topological polar surface area (TPSA) is 55.1 Å². The fourth-order valence-electron chi connectivity index (χ4n) is 1.42. The van der Waals surface area contributed by atoms with Crippen LogP contribution < -0.4 is 11.1 Å². The van der Waals surface area contributed by atoms with Gasteiger partial charge in [0.25, 0.3) is 0 Å². The Morgan fingerprint density at radius 2 is 1.92 bits per heavy atom. The number of nitrogens with two attached hydrogens (primary N) is 1. The number of carbonyl (C=O) groups excluding carboxylic acids is 1. The van der Waals surface area contributed by atoms with Crippen molar-refractivity contribution in [3.05, 3.63) is 0 Å². The minimum Gasteiger partial charge on any atom is -0.352 e. The largest absolute Gasteiger partial charge is 0.352 e. The van der Waals surface area contributed by atoms with E-state index in [-0.39, 0.29) is 6.04 Å². The molecule has 0 aliphatic carbocycles. The van der Waals surface area contributed by atoms with Gasteiger partial charge in [-0.3, -0.25) is 0 Å². The standard InChI is InChI=1S/C10H22N2O/c1-5-6-9(12-10(11)13)8(4)7(2)3/h7-9H,5-6H2,1-4H3,(H3,11,12,13). The van der Waals surface area contributed by atoms with Gasteiger partial charge in [0.2, 0.25) is 0 Å². The van der Waals surface area contributed by atoms with E-state index in [1.807, 2.05) is 0 Å². The Balaban J connectivity index is 4.14. The van der Waals surface area contributed by atoms with E-state index in [1.165, 1.54) is 0 Å². The Bertz CT molecular complexity index is 157. The predicted molar refractivity (Wildman–Crippen MR) is 55.4 cm³/mol. The van der Waals surface area contributed by atoms with Gasteiger partial charge in [0, 0.05) is 6.04 Å². The molecule has 2 atom stereocenters.